The second-order valence-corrected chi connectivity index (χ2v) is 7.20. The summed E-state index contributed by atoms with van der Waals surface area (Å²) in [6.07, 6.45) is 0.783. The average Bonchev–Trinajstić information content (AvgIpc) is 2.75. The largest absolute Gasteiger partial charge is 0.391 e. The van der Waals surface area contributed by atoms with Crippen LogP contribution in [0.25, 0.3) is 0 Å². The van der Waals surface area contributed by atoms with Crippen LogP contribution in [0, 0.1) is 0 Å². The van der Waals surface area contributed by atoms with Crippen molar-refractivity contribution in [2.75, 3.05) is 0 Å². The molecule has 1 aromatic heterocycles. The van der Waals surface area contributed by atoms with Crippen LogP contribution in [0.15, 0.2) is 24.3 Å². The molecule has 0 saturated carbocycles. The number of hydrogen-bond acceptors (Lipinski definition) is 3. The van der Waals surface area contributed by atoms with E-state index in [9.17, 15) is 5.11 Å². The second kappa shape index (κ2) is 5.61. The molecule has 0 spiro atoms. The van der Waals surface area contributed by atoms with Gasteiger partial charge in [0, 0.05) is 16.9 Å². The van der Waals surface area contributed by atoms with Gasteiger partial charge in [-0.3, -0.25) is 0 Å². The normalized spacial score (nSPS) is 11.8. The van der Waals surface area contributed by atoms with Crippen molar-refractivity contribution in [3.05, 3.63) is 50.4 Å². The average molecular weight is 296 g/mol. The number of thiazole rings is 1. The highest BCUT2D eigenvalue weighted by Crippen LogP contribution is 2.30. The summed E-state index contributed by atoms with van der Waals surface area (Å²) < 4.78 is 0. The van der Waals surface area contributed by atoms with Crippen LogP contribution < -0.4 is 0 Å². The third-order valence-corrected chi connectivity index (χ3v) is 4.16. The van der Waals surface area contributed by atoms with E-state index in [2.05, 4.69) is 20.8 Å². The first-order valence-corrected chi connectivity index (χ1v) is 7.44. The van der Waals surface area contributed by atoms with Crippen molar-refractivity contribution >= 4 is 22.9 Å². The third kappa shape index (κ3) is 3.56. The fraction of sp³-hybridized carbons (Fsp3) is 0.400. The van der Waals surface area contributed by atoms with Crippen molar-refractivity contribution in [2.45, 2.75) is 39.2 Å². The number of aromatic nitrogens is 1. The molecule has 1 heterocycles. The van der Waals surface area contributed by atoms with Crippen LogP contribution in [-0.2, 0) is 18.4 Å². The molecule has 0 amide bonds. The van der Waals surface area contributed by atoms with Gasteiger partial charge in [0.15, 0.2) is 0 Å². The lowest BCUT2D eigenvalue weighted by atomic mass is 9.91. The highest BCUT2D eigenvalue weighted by molar-refractivity contribution is 7.11. The SMILES string of the molecule is CC(C)(C)c1nc(Cc2ccc(Cl)cc2)sc1CO. The highest BCUT2D eigenvalue weighted by Gasteiger charge is 2.22. The molecule has 4 heteroatoms. The molecule has 2 aromatic rings. The Morgan fingerprint density at radius 2 is 1.84 bits per heavy atom. The lowest BCUT2D eigenvalue weighted by Crippen LogP contribution is -2.14. The summed E-state index contributed by atoms with van der Waals surface area (Å²) in [5.41, 5.74) is 2.15. The Bertz CT molecular complexity index is 555. The predicted molar refractivity (Wildman–Crippen MR) is 81.0 cm³/mol. The van der Waals surface area contributed by atoms with E-state index in [1.807, 2.05) is 24.3 Å². The summed E-state index contributed by atoms with van der Waals surface area (Å²) in [4.78, 5) is 5.66. The van der Waals surface area contributed by atoms with E-state index < -0.39 is 0 Å². The monoisotopic (exact) mass is 295 g/mol. The molecule has 0 saturated heterocycles. The predicted octanol–water partition coefficient (Wildman–Crippen LogP) is 4.18. The summed E-state index contributed by atoms with van der Waals surface area (Å²) in [7, 11) is 0. The van der Waals surface area contributed by atoms with E-state index in [1.54, 1.807) is 11.3 Å². The van der Waals surface area contributed by atoms with E-state index in [4.69, 9.17) is 16.6 Å². The molecule has 0 bridgehead atoms. The Morgan fingerprint density at radius 1 is 1.21 bits per heavy atom. The Kier molecular flexibility index (Phi) is 4.29. The molecule has 1 N–H and O–H groups in total. The van der Waals surface area contributed by atoms with Crippen molar-refractivity contribution in [1.82, 2.24) is 4.98 Å². The van der Waals surface area contributed by atoms with Gasteiger partial charge in [0.05, 0.1) is 22.2 Å². The molecule has 19 heavy (non-hydrogen) atoms. The van der Waals surface area contributed by atoms with Gasteiger partial charge in [-0.05, 0) is 17.7 Å². The van der Waals surface area contributed by atoms with E-state index in [-0.39, 0.29) is 12.0 Å². The van der Waals surface area contributed by atoms with E-state index in [1.165, 1.54) is 5.56 Å². The molecule has 0 aliphatic carbocycles. The number of halogens is 1. The van der Waals surface area contributed by atoms with Gasteiger partial charge in [0.2, 0.25) is 0 Å². The second-order valence-electron chi connectivity index (χ2n) is 5.59. The molecule has 0 aliphatic heterocycles. The van der Waals surface area contributed by atoms with Crippen LogP contribution in [-0.4, -0.2) is 10.1 Å². The zero-order valence-electron chi connectivity index (χ0n) is 11.4. The maximum absolute atomic E-state index is 9.45. The van der Waals surface area contributed by atoms with Gasteiger partial charge in [-0.2, -0.15) is 0 Å². The first-order valence-electron chi connectivity index (χ1n) is 6.24. The quantitative estimate of drug-likeness (QED) is 0.921. The molecule has 0 aliphatic rings. The molecule has 0 fully saturated rings. The van der Waals surface area contributed by atoms with Crippen LogP contribution in [0.2, 0.25) is 5.02 Å². The van der Waals surface area contributed by atoms with Crippen molar-refractivity contribution in [3.8, 4) is 0 Å². The van der Waals surface area contributed by atoms with Gasteiger partial charge in [-0.25, -0.2) is 4.98 Å². The molecular weight excluding hydrogens is 278 g/mol. The molecule has 102 valence electrons. The third-order valence-electron chi connectivity index (χ3n) is 2.86. The summed E-state index contributed by atoms with van der Waals surface area (Å²) in [6.45, 7) is 6.42. The molecule has 0 radical (unpaired) electrons. The van der Waals surface area contributed by atoms with Crippen LogP contribution in [0.4, 0.5) is 0 Å². The Labute approximate surface area is 123 Å². The van der Waals surface area contributed by atoms with Gasteiger partial charge >= 0.3 is 0 Å². The van der Waals surface area contributed by atoms with Gasteiger partial charge in [-0.1, -0.05) is 44.5 Å². The summed E-state index contributed by atoms with van der Waals surface area (Å²) in [6, 6.07) is 7.81. The van der Waals surface area contributed by atoms with E-state index in [0.29, 0.717) is 0 Å². The maximum atomic E-state index is 9.45. The number of nitrogens with zero attached hydrogens (tertiary/aromatic N) is 1. The minimum atomic E-state index is -0.0349. The van der Waals surface area contributed by atoms with Crippen molar-refractivity contribution in [3.63, 3.8) is 0 Å². The number of rotatable bonds is 3. The van der Waals surface area contributed by atoms with Crippen molar-refractivity contribution in [2.24, 2.45) is 0 Å². The van der Waals surface area contributed by atoms with E-state index in [0.717, 1.165) is 27.0 Å². The fourth-order valence-corrected chi connectivity index (χ4v) is 3.25. The van der Waals surface area contributed by atoms with Crippen molar-refractivity contribution < 1.29 is 5.11 Å². The zero-order chi connectivity index (χ0) is 14.0. The van der Waals surface area contributed by atoms with Gasteiger partial charge in [-0.15, -0.1) is 11.3 Å². The number of aliphatic hydroxyl groups excluding tert-OH is 1. The summed E-state index contributed by atoms with van der Waals surface area (Å²) in [5.74, 6) is 0. The van der Waals surface area contributed by atoms with Crippen LogP contribution in [0.1, 0.15) is 41.9 Å². The highest BCUT2D eigenvalue weighted by atomic mass is 35.5. The lowest BCUT2D eigenvalue weighted by molar-refractivity contribution is 0.282. The number of hydrogen-bond donors (Lipinski definition) is 1. The topological polar surface area (TPSA) is 33.1 Å². The number of benzene rings is 1. The Balaban J connectivity index is 2.26. The minimum Gasteiger partial charge on any atom is -0.391 e. The van der Waals surface area contributed by atoms with E-state index >= 15 is 0 Å². The van der Waals surface area contributed by atoms with Crippen LogP contribution >= 0.6 is 22.9 Å². The molecule has 0 atom stereocenters. The zero-order valence-corrected chi connectivity index (χ0v) is 13.0. The fourth-order valence-electron chi connectivity index (χ4n) is 1.95. The first kappa shape index (κ1) is 14.5. The number of aliphatic hydroxyl groups is 1. The summed E-state index contributed by atoms with van der Waals surface area (Å²) in [5, 5.41) is 11.2. The molecule has 2 nitrogen and oxygen atoms in total. The Hall–Kier alpha value is -0.900. The van der Waals surface area contributed by atoms with Crippen molar-refractivity contribution in [1.29, 1.82) is 0 Å². The van der Waals surface area contributed by atoms with Crippen LogP contribution in [0.3, 0.4) is 0 Å². The lowest BCUT2D eigenvalue weighted by Gasteiger charge is -2.16. The van der Waals surface area contributed by atoms with Gasteiger partial charge in [0.25, 0.3) is 0 Å². The molecule has 1 aromatic carbocycles. The first-order chi connectivity index (χ1) is 8.90. The van der Waals surface area contributed by atoms with Gasteiger partial charge < -0.3 is 5.11 Å². The van der Waals surface area contributed by atoms with Gasteiger partial charge in [0.1, 0.15) is 0 Å². The smallest absolute Gasteiger partial charge is 0.0976 e. The standard InChI is InChI=1S/C15H18ClNOS/c1-15(2,3)14-12(9-18)19-13(17-14)8-10-4-6-11(16)7-5-10/h4-7,18H,8-9H2,1-3H3. The molecule has 0 unspecified atom stereocenters. The molecular formula is C15H18ClNOS. The minimum absolute atomic E-state index is 0.0349. The summed E-state index contributed by atoms with van der Waals surface area (Å²) >= 11 is 7.47. The van der Waals surface area contributed by atoms with Crippen LogP contribution in [0.5, 0.6) is 0 Å². The molecule has 2 rings (SSSR count). The Morgan fingerprint density at radius 3 is 2.32 bits per heavy atom. The maximum Gasteiger partial charge on any atom is 0.0976 e.